The van der Waals surface area contributed by atoms with Gasteiger partial charge in [0.1, 0.15) is 5.03 Å². The molecule has 0 fully saturated rings. The molecular formula is C14H14BrClN2S. The lowest BCUT2D eigenvalue weighted by atomic mass is 10.1. The summed E-state index contributed by atoms with van der Waals surface area (Å²) in [7, 11) is 0. The zero-order valence-electron chi connectivity index (χ0n) is 10.4. The lowest BCUT2D eigenvalue weighted by Crippen LogP contribution is -2.18. The average Bonchev–Trinajstić information content (AvgIpc) is 2.34. The molecule has 0 radical (unpaired) electrons. The third-order valence-electron chi connectivity index (χ3n) is 2.48. The highest BCUT2D eigenvalue weighted by Crippen LogP contribution is 2.31. The Morgan fingerprint density at radius 1 is 1.37 bits per heavy atom. The van der Waals surface area contributed by atoms with E-state index in [1.165, 1.54) is 0 Å². The van der Waals surface area contributed by atoms with Crippen molar-refractivity contribution in [1.82, 2.24) is 4.98 Å². The topological polar surface area (TPSA) is 38.9 Å². The van der Waals surface area contributed by atoms with Crippen molar-refractivity contribution < 1.29 is 0 Å². The highest BCUT2D eigenvalue weighted by molar-refractivity contribution is 9.10. The van der Waals surface area contributed by atoms with E-state index >= 15 is 0 Å². The monoisotopic (exact) mass is 356 g/mol. The first-order valence-electron chi connectivity index (χ1n) is 5.88. The molecule has 1 unspecified atom stereocenters. The molecule has 2 nitrogen and oxygen atoms in total. The van der Waals surface area contributed by atoms with E-state index in [2.05, 4.69) is 20.9 Å². The Hall–Kier alpha value is -0.550. The second kappa shape index (κ2) is 6.75. The Kier molecular flexibility index (Phi) is 5.28. The van der Waals surface area contributed by atoms with Gasteiger partial charge in [0.15, 0.2) is 0 Å². The predicted molar refractivity (Wildman–Crippen MR) is 84.9 cm³/mol. The van der Waals surface area contributed by atoms with Gasteiger partial charge in [0.05, 0.1) is 0 Å². The highest BCUT2D eigenvalue weighted by Gasteiger charge is 2.08. The number of rotatable bonds is 4. The molecule has 1 heterocycles. The van der Waals surface area contributed by atoms with E-state index in [4.69, 9.17) is 17.3 Å². The van der Waals surface area contributed by atoms with E-state index in [0.29, 0.717) is 0 Å². The number of halogens is 2. The van der Waals surface area contributed by atoms with Gasteiger partial charge in [-0.1, -0.05) is 23.4 Å². The van der Waals surface area contributed by atoms with Crippen molar-refractivity contribution in [1.29, 1.82) is 0 Å². The summed E-state index contributed by atoms with van der Waals surface area (Å²) in [6, 6.07) is 9.97. The van der Waals surface area contributed by atoms with Gasteiger partial charge in [-0.2, -0.15) is 0 Å². The highest BCUT2D eigenvalue weighted by atomic mass is 79.9. The molecule has 2 aromatic rings. The van der Waals surface area contributed by atoms with Crippen molar-refractivity contribution in [2.45, 2.75) is 29.3 Å². The van der Waals surface area contributed by atoms with Gasteiger partial charge in [-0.05, 0) is 65.2 Å². The van der Waals surface area contributed by atoms with Gasteiger partial charge in [0.25, 0.3) is 0 Å². The minimum absolute atomic E-state index is 0.107. The number of pyridine rings is 1. The van der Waals surface area contributed by atoms with Gasteiger partial charge in [0, 0.05) is 26.6 Å². The van der Waals surface area contributed by atoms with E-state index < -0.39 is 0 Å². The molecule has 19 heavy (non-hydrogen) atoms. The molecule has 0 saturated heterocycles. The largest absolute Gasteiger partial charge is 0.328 e. The van der Waals surface area contributed by atoms with Crippen molar-refractivity contribution in [3.63, 3.8) is 0 Å². The van der Waals surface area contributed by atoms with E-state index in [0.717, 1.165) is 31.4 Å². The summed E-state index contributed by atoms with van der Waals surface area (Å²) in [5.41, 5.74) is 7.05. The number of aromatic nitrogens is 1. The molecular weight excluding hydrogens is 344 g/mol. The van der Waals surface area contributed by atoms with Crippen LogP contribution in [0.4, 0.5) is 0 Å². The van der Waals surface area contributed by atoms with Gasteiger partial charge >= 0.3 is 0 Å². The molecule has 100 valence electrons. The molecule has 0 spiro atoms. The maximum Gasteiger partial charge on any atom is 0.101 e. The summed E-state index contributed by atoms with van der Waals surface area (Å²) >= 11 is 11.1. The maximum atomic E-state index is 6.05. The summed E-state index contributed by atoms with van der Waals surface area (Å²) in [6.45, 7) is 1.99. The van der Waals surface area contributed by atoms with Crippen LogP contribution in [0.25, 0.3) is 0 Å². The van der Waals surface area contributed by atoms with Crippen LogP contribution in [0.5, 0.6) is 0 Å². The van der Waals surface area contributed by atoms with Crippen LogP contribution in [0, 0.1) is 0 Å². The molecule has 0 aliphatic heterocycles. The molecule has 0 saturated carbocycles. The summed E-state index contributed by atoms with van der Waals surface area (Å²) in [6.07, 6.45) is 2.60. The van der Waals surface area contributed by atoms with Crippen LogP contribution in [0.2, 0.25) is 5.02 Å². The Morgan fingerprint density at radius 3 is 2.79 bits per heavy atom. The first-order valence-corrected chi connectivity index (χ1v) is 7.87. The zero-order chi connectivity index (χ0) is 13.8. The quantitative estimate of drug-likeness (QED) is 0.873. The maximum absolute atomic E-state index is 6.05. The van der Waals surface area contributed by atoms with Crippen LogP contribution in [-0.2, 0) is 6.42 Å². The minimum atomic E-state index is 0.107. The molecule has 2 N–H and O–H groups in total. The van der Waals surface area contributed by atoms with E-state index in [-0.39, 0.29) is 6.04 Å². The van der Waals surface area contributed by atoms with Crippen molar-refractivity contribution in [3.8, 4) is 0 Å². The van der Waals surface area contributed by atoms with E-state index in [1.54, 1.807) is 18.0 Å². The Morgan fingerprint density at radius 2 is 2.16 bits per heavy atom. The number of hydrogen-bond acceptors (Lipinski definition) is 3. The summed E-state index contributed by atoms with van der Waals surface area (Å²) < 4.78 is 0.976. The van der Waals surface area contributed by atoms with Crippen molar-refractivity contribution in [2.75, 3.05) is 0 Å². The fraction of sp³-hybridized carbons (Fsp3) is 0.214. The zero-order valence-corrected chi connectivity index (χ0v) is 13.6. The van der Waals surface area contributed by atoms with Gasteiger partial charge in [-0.25, -0.2) is 4.98 Å². The SMILES string of the molecule is CC(N)Cc1cc(Cl)ccc1Sc1ccc(Br)cn1. The summed E-state index contributed by atoms with van der Waals surface area (Å²) in [5, 5.41) is 1.69. The third kappa shape index (κ3) is 4.49. The molecule has 5 heteroatoms. The smallest absolute Gasteiger partial charge is 0.101 e. The van der Waals surface area contributed by atoms with Gasteiger partial charge in [0.2, 0.25) is 0 Å². The standard InChI is InChI=1S/C14H14BrClN2S/c1-9(17)6-10-7-12(16)3-4-13(10)19-14-5-2-11(15)8-18-14/h2-5,7-9H,6,17H2,1H3. The Balaban J connectivity index is 2.26. The Labute approximate surface area is 130 Å². The first-order chi connectivity index (χ1) is 9.04. The van der Waals surface area contributed by atoms with Gasteiger partial charge < -0.3 is 5.73 Å². The number of nitrogens with zero attached hydrogens (tertiary/aromatic N) is 1. The molecule has 1 aromatic carbocycles. The number of nitrogens with two attached hydrogens (primary N) is 1. The molecule has 0 aliphatic rings. The number of benzene rings is 1. The van der Waals surface area contributed by atoms with Gasteiger partial charge in [-0.15, -0.1) is 0 Å². The summed E-state index contributed by atoms with van der Waals surface area (Å²) in [4.78, 5) is 5.52. The molecule has 0 aliphatic carbocycles. The van der Waals surface area contributed by atoms with Gasteiger partial charge in [-0.3, -0.25) is 0 Å². The van der Waals surface area contributed by atoms with Crippen LogP contribution in [0.15, 0.2) is 50.9 Å². The van der Waals surface area contributed by atoms with E-state index in [9.17, 15) is 0 Å². The Bertz CT molecular complexity index is 558. The van der Waals surface area contributed by atoms with Crippen molar-refractivity contribution in [3.05, 3.63) is 51.6 Å². The normalized spacial score (nSPS) is 12.4. The van der Waals surface area contributed by atoms with Crippen LogP contribution in [0.3, 0.4) is 0 Å². The third-order valence-corrected chi connectivity index (χ3v) is 4.25. The van der Waals surface area contributed by atoms with Crippen molar-refractivity contribution in [2.24, 2.45) is 5.73 Å². The van der Waals surface area contributed by atoms with Crippen LogP contribution in [-0.4, -0.2) is 11.0 Å². The van der Waals surface area contributed by atoms with Crippen molar-refractivity contribution >= 4 is 39.3 Å². The first kappa shape index (κ1) is 14.9. The predicted octanol–water partition coefficient (Wildman–Crippen LogP) is 4.54. The van der Waals surface area contributed by atoms with Crippen LogP contribution in [0.1, 0.15) is 12.5 Å². The average molecular weight is 358 g/mol. The molecule has 2 rings (SSSR count). The lowest BCUT2D eigenvalue weighted by Gasteiger charge is -2.11. The molecule has 1 atom stereocenters. The van der Waals surface area contributed by atoms with E-state index in [1.807, 2.05) is 37.3 Å². The lowest BCUT2D eigenvalue weighted by molar-refractivity contribution is 0.729. The molecule has 0 amide bonds. The molecule has 1 aromatic heterocycles. The fourth-order valence-electron chi connectivity index (χ4n) is 1.69. The summed E-state index contributed by atoms with van der Waals surface area (Å²) in [5.74, 6) is 0. The second-order valence-electron chi connectivity index (χ2n) is 4.35. The second-order valence-corrected chi connectivity index (χ2v) is 6.76. The van der Waals surface area contributed by atoms with Crippen LogP contribution >= 0.6 is 39.3 Å². The molecule has 0 bridgehead atoms. The number of hydrogen-bond donors (Lipinski definition) is 1. The minimum Gasteiger partial charge on any atom is -0.328 e. The fourth-order valence-corrected chi connectivity index (χ4v) is 2.99. The van der Waals surface area contributed by atoms with Crippen LogP contribution < -0.4 is 5.73 Å².